The van der Waals surface area contributed by atoms with Crippen LogP contribution in [0.1, 0.15) is 15.9 Å². The van der Waals surface area contributed by atoms with Gasteiger partial charge in [0.2, 0.25) is 5.88 Å². The van der Waals surface area contributed by atoms with Crippen molar-refractivity contribution in [2.75, 3.05) is 0 Å². The third-order valence-electron chi connectivity index (χ3n) is 3.77. The van der Waals surface area contributed by atoms with Gasteiger partial charge in [-0.05, 0) is 30.3 Å². The second kappa shape index (κ2) is 7.41. The zero-order valence-corrected chi connectivity index (χ0v) is 14.7. The number of phenols is 1. The zero-order chi connectivity index (χ0) is 20.4. The summed E-state index contributed by atoms with van der Waals surface area (Å²) in [6, 6.07) is 9.73. The minimum absolute atomic E-state index is 0.101. The van der Waals surface area contributed by atoms with E-state index in [2.05, 4.69) is 9.98 Å². The molecule has 0 spiro atoms. The summed E-state index contributed by atoms with van der Waals surface area (Å²) in [5.41, 5.74) is -2.27. The van der Waals surface area contributed by atoms with Gasteiger partial charge < -0.3 is 15.3 Å². The molecule has 1 heterocycles. The summed E-state index contributed by atoms with van der Waals surface area (Å²) in [5, 5.41) is 29.2. The Morgan fingerprint density at radius 2 is 1.86 bits per heavy atom. The summed E-state index contributed by atoms with van der Waals surface area (Å²) in [6.45, 7) is 0. The highest BCUT2D eigenvalue weighted by Crippen LogP contribution is 2.25. The van der Waals surface area contributed by atoms with Gasteiger partial charge in [-0.25, -0.2) is 14.2 Å². The molecule has 0 amide bonds. The second-order valence-electron chi connectivity index (χ2n) is 5.55. The Bertz CT molecular complexity index is 1230. The summed E-state index contributed by atoms with van der Waals surface area (Å²) in [7, 11) is 0. The number of aromatic hydroxyl groups is 2. The van der Waals surface area contributed by atoms with Crippen molar-refractivity contribution in [1.29, 1.82) is 0 Å². The molecule has 0 atom stereocenters. The summed E-state index contributed by atoms with van der Waals surface area (Å²) >= 11 is 6.05. The number of aliphatic imine (C=N–C) groups is 1. The van der Waals surface area contributed by atoms with Gasteiger partial charge in [0.25, 0.3) is 5.56 Å². The number of hydrogen-bond acceptors (Lipinski definition) is 6. The molecule has 0 unspecified atom stereocenters. The predicted molar refractivity (Wildman–Crippen MR) is 102 cm³/mol. The van der Waals surface area contributed by atoms with Crippen molar-refractivity contribution < 1.29 is 20.1 Å². The molecule has 142 valence electrons. The summed E-state index contributed by atoms with van der Waals surface area (Å²) in [5.74, 6) is -2.50. The first-order chi connectivity index (χ1) is 13.3. The van der Waals surface area contributed by atoms with Crippen LogP contribution in [0.5, 0.6) is 11.6 Å². The number of aromatic carboxylic acids is 1. The van der Waals surface area contributed by atoms with Gasteiger partial charge in [0.05, 0.1) is 16.4 Å². The predicted octanol–water partition coefficient (Wildman–Crippen LogP) is 2.04. The van der Waals surface area contributed by atoms with Crippen LogP contribution >= 0.6 is 11.6 Å². The molecule has 0 aliphatic carbocycles. The summed E-state index contributed by atoms with van der Waals surface area (Å²) < 4.78 is 0.810. The van der Waals surface area contributed by atoms with E-state index in [1.54, 1.807) is 12.1 Å². The number of nitrogens with zero attached hydrogens (tertiary/aromatic N) is 2. The number of hydrogen-bond donors (Lipinski definition) is 4. The highest BCUT2D eigenvalue weighted by atomic mass is 35.5. The van der Waals surface area contributed by atoms with Crippen molar-refractivity contribution in [3.63, 3.8) is 0 Å². The third-order valence-corrected chi connectivity index (χ3v) is 4.09. The van der Waals surface area contributed by atoms with Gasteiger partial charge in [-0.3, -0.25) is 14.8 Å². The largest absolute Gasteiger partial charge is 0.507 e. The molecule has 9 nitrogen and oxygen atoms in total. The smallest absolute Gasteiger partial charge is 0.339 e. The van der Waals surface area contributed by atoms with E-state index in [9.17, 15) is 24.6 Å². The highest BCUT2D eigenvalue weighted by Gasteiger charge is 2.16. The maximum Gasteiger partial charge on any atom is 0.339 e. The van der Waals surface area contributed by atoms with Gasteiger partial charge in [-0.1, -0.05) is 23.7 Å². The lowest BCUT2D eigenvalue weighted by Gasteiger charge is -2.10. The van der Waals surface area contributed by atoms with E-state index >= 15 is 0 Å². The number of H-pyrrole nitrogens is 1. The molecule has 3 aromatic rings. The van der Waals surface area contributed by atoms with Crippen molar-refractivity contribution in [2.45, 2.75) is 0 Å². The topological polar surface area (TPSA) is 145 Å². The fourth-order valence-electron chi connectivity index (χ4n) is 2.43. The van der Waals surface area contributed by atoms with Crippen molar-refractivity contribution in [2.24, 2.45) is 4.99 Å². The first kappa shape index (κ1) is 18.9. The number of carboxylic acids is 1. The number of carbonyl (C=O) groups is 1. The van der Waals surface area contributed by atoms with Crippen molar-refractivity contribution in [3.8, 4) is 17.3 Å². The zero-order valence-electron chi connectivity index (χ0n) is 14.0. The minimum atomic E-state index is -1.36. The highest BCUT2D eigenvalue weighted by molar-refractivity contribution is 6.32. The van der Waals surface area contributed by atoms with Crippen molar-refractivity contribution in [3.05, 3.63) is 79.5 Å². The van der Waals surface area contributed by atoms with Gasteiger partial charge in [0, 0.05) is 6.21 Å². The third kappa shape index (κ3) is 3.51. The molecule has 10 heteroatoms. The Kier molecular flexibility index (Phi) is 5.01. The Morgan fingerprint density at radius 1 is 1.14 bits per heavy atom. The summed E-state index contributed by atoms with van der Waals surface area (Å²) in [6.07, 6.45) is 0.971. The minimum Gasteiger partial charge on any atom is -0.507 e. The van der Waals surface area contributed by atoms with Crippen LogP contribution in [-0.2, 0) is 0 Å². The molecular weight excluding hydrogens is 390 g/mol. The average molecular weight is 402 g/mol. The van der Waals surface area contributed by atoms with Crippen LogP contribution < -0.4 is 11.2 Å². The monoisotopic (exact) mass is 401 g/mol. The number of carboxylic acid groups (broad SMARTS) is 1. The van der Waals surface area contributed by atoms with E-state index < -0.39 is 28.8 Å². The Balaban J connectivity index is 2.13. The van der Waals surface area contributed by atoms with Crippen LogP contribution in [0.15, 0.2) is 57.0 Å². The lowest BCUT2D eigenvalue weighted by atomic mass is 10.2. The quantitative estimate of drug-likeness (QED) is 0.492. The van der Waals surface area contributed by atoms with Crippen LogP contribution in [0.2, 0.25) is 5.02 Å². The van der Waals surface area contributed by atoms with Crippen LogP contribution in [-0.4, -0.2) is 37.1 Å². The van der Waals surface area contributed by atoms with E-state index in [-0.39, 0.29) is 27.5 Å². The Hall–Kier alpha value is -3.85. The van der Waals surface area contributed by atoms with E-state index in [0.29, 0.717) is 0 Å². The van der Waals surface area contributed by atoms with E-state index in [1.165, 1.54) is 18.2 Å². The van der Waals surface area contributed by atoms with Crippen LogP contribution in [0.3, 0.4) is 0 Å². The number of halogens is 1. The maximum absolute atomic E-state index is 12.1. The first-order valence-electron chi connectivity index (χ1n) is 7.73. The van der Waals surface area contributed by atoms with E-state index in [1.807, 2.05) is 0 Å². The second-order valence-corrected chi connectivity index (χ2v) is 5.96. The standard InChI is InChI=1S/C18H12ClN3O6/c19-12-3-1-2-4-13(12)22-16(25)11(15(24)21-18(22)28)8-20-9-5-6-14(23)10(7-9)17(26)27/h1-8,23,25H,(H,26,27)(H,21,24,28). The molecule has 0 radical (unpaired) electrons. The van der Waals surface area contributed by atoms with Gasteiger partial charge >= 0.3 is 11.7 Å². The van der Waals surface area contributed by atoms with Crippen LogP contribution in [0, 0.1) is 0 Å². The lowest BCUT2D eigenvalue weighted by molar-refractivity contribution is 0.0693. The molecule has 0 aliphatic rings. The first-order valence-corrected chi connectivity index (χ1v) is 8.11. The molecule has 2 aromatic carbocycles. The number of aromatic nitrogens is 2. The fourth-order valence-corrected chi connectivity index (χ4v) is 2.65. The SMILES string of the molecule is O=C(O)c1cc(N=Cc2c(O)n(-c3ccccc3Cl)c(=O)[nH]c2=O)ccc1O. The van der Waals surface area contributed by atoms with Crippen molar-refractivity contribution >= 4 is 29.5 Å². The van der Waals surface area contributed by atoms with E-state index in [0.717, 1.165) is 22.9 Å². The lowest BCUT2D eigenvalue weighted by Crippen LogP contribution is -2.31. The molecule has 0 fully saturated rings. The molecular formula is C18H12ClN3O6. The van der Waals surface area contributed by atoms with Gasteiger partial charge in [-0.15, -0.1) is 0 Å². The number of para-hydroxylation sites is 1. The molecule has 4 N–H and O–H groups in total. The molecule has 0 aliphatic heterocycles. The number of aromatic amines is 1. The Morgan fingerprint density at radius 3 is 2.54 bits per heavy atom. The molecule has 0 saturated carbocycles. The maximum atomic E-state index is 12.1. The van der Waals surface area contributed by atoms with Crippen molar-refractivity contribution in [1.82, 2.24) is 9.55 Å². The molecule has 3 rings (SSSR count). The van der Waals surface area contributed by atoms with Crippen LogP contribution in [0.4, 0.5) is 5.69 Å². The molecule has 1 aromatic heterocycles. The average Bonchev–Trinajstić information content (AvgIpc) is 2.63. The number of rotatable bonds is 4. The molecule has 0 saturated heterocycles. The normalized spacial score (nSPS) is 11.0. The number of nitrogens with one attached hydrogen (secondary N) is 1. The fraction of sp³-hybridized carbons (Fsp3) is 0. The van der Waals surface area contributed by atoms with E-state index in [4.69, 9.17) is 16.7 Å². The Labute approximate surface area is 161 Å². The molecule has 28 heavy (non-hydrogen) atoms. The van der Waals surface area contributed by atoms with Gasteiger partial charge in [0.15, 0.2) is 0 Å². The van der Waals surface area contributed by atoms with Crippen LogP contribution in [0.25, 0.3) is 5.69 Å². The van der Waals surface area contributed by atoms with Gasteiger partial charge in [0.1, 0.15) is 16.9 Å². The molecule has 0 bridgehead atoms. The van der Waals surface area contributed by atoms with Gasteiger partial charge in [-0.2, -0.15) is 0 Å². The number of benzene rings is 2. The summed E-state index contributed by atoms with van der Waals surface area (Å²) in [4.78, 5) is 41.3.